The van der Waals surface area contributed by atoms with Crippen LogP contribution in [0.25, 0.3) is 0 Å². The zero-order chi connectivity index (χ0) is 15.1. The number of nitrogens with two attached hydrogens (primary N) is 1. The number of hydrogen-bond acceptors (Lipinski definition) is 5. The van der Waals surface area contributed by atoms with E-state index < -0.39 is 0 Å². The van der Waals surface area contributed by atoms with Crippen LogP contribution in [0.4, 0.5) is 0 Å². The number of piperidine rings is 2. The van der Waals surface area contributed by atoms with Gasteiger partial charge >= 0.3 is 0 Å². The summed E-state index contributed by atoms with van der Waals surface area (Å²) in [6.07, 6.45) is 1.73. The Morgan fingerprint density at radius 1 is 1.14 bits per heavy atom. The van der Waals surface area contributed by atoms with Gasteiger partial charge < -0.3 is 4.90 Å². The number of imide groups is 1. The van der Waals surface area contributed by atoms with Crippen LogP contribution < -0.4 is 11.3 Å². The van der Waals surface area contributed by atoms with E-state index in [0.29, 0.717) is 32.4 Å². The molecule has 2 unspecified atom stereocenters. The van der Waals surface area contributed by atoms with E-state index in [2.05, 4.69) is 5.43 Å². The molecule has 2 heterocycles. The molecule has 0 bridgehead atoms. The molecule has 1 saturated carbocycles. The summed E-state index contributed by atoms with van der Waals surface area (Å²) in [7, 11) is 0. The van der Waals surface area contributed by atoms with E-state index in [9.17, 15) is 19.2 Å². The molecule has 3 rings (SSSR count). The Hall–Kier alpha value is -1.96. The average Bonchev–Trinajstić information content (AvgIpc) is 3.26. The summed E-state index contributed by atoms with van der Waals surface area (Å²) >= 11 is 0. The number of fused-ring (bicyclic) bond motifs is 1. The third kappa shape index (κ3) is 2.39. The van der Waals surface area contributed by atoms with Gasteiger partial charge in [0.25, 0.3) is 0 Å². The zero-order valence-electron chi connectivity index (χ0n) is 11.6. The molecule has 2 atom stereocenters. The molecule has 0 aromatic rings. The van der Waals surface area contributed by atoms with E-state index >= 15 is 0 Å². The fourth-order valence-corrected chi connectivity index (χ4v) is 3.15. The number of carbonyl (C=O) groups is 4. The predicted molar refractivity (Wildman–Crippen MR) is 70.0 cm³/mol. The monoisotopic (exact) mass is 294 g/mol. The fourth-order valence-electron chi connectivity index (χ4n) is 3.15. The minimum absolute atomic E-state index is 0.168. The van der Waals surface area contributed by atoms with E-state index in [-0.39, 0.29) is 47.9 Å². The minimum atomic E-state index is -0.232. The molecule has 0 spiro atoms. The second-order valence-electron chi connectivity index (χ2n) is 5.87. The molecule has 2 aliphatic heterocycles. The topological polar surface area (TPSA) is 113 Å². The molecule has 3 N–H and O–H groups in total. The minimum Gasteiger partial charge on any atom is -0.341 e. The lowest BCUT2D eigenvalue weighted by atomic mass is 9.96. The van der Waals surface area contributed by atoms with E-state index in [1.165, 1.54) is 0 Å². The number of carbonyl (C=O) groups excluding carboxylic acids is 4. The molecule has 3 fully saturated rings. The molecule has 0 radical (unpaired) electrons. The molecule has 8 heteroatoms. The summed E-state index contributed by atoms with van der Waals surface area (Å²) in [5.74, 6) is 3.69. The highest BCUT2D eigenvalue weighted by Gasteiger charge is 2.59. The molecule has 0 aromatic carbocycles. The summed E-state index contributed by atoms with van der Waals surface area (Å²) in [6, 6.07) is 0. The average molecular weight is 294 g/mol. The number of likely N-dealkylation sites (tertiary alicyclic amines) is 2. The molecule has 3 aliphatic rings. The maximum atomic E-state index is 12.2. The summed E-state index contributed by atoms with van der Waals surface area (Å²) in [5, 5.41) is 0. The number of amides is 4. The van der Waals surface area contributed by atoms with Crippen LogP contribution in [0.2, 0.25) is 0 Å². The fraction of sp³-hybridized carbons (Fsp3) is 0.692. The van der Waals surface area contributed by atoms with Crippen molar-refractivity contribution in [1.82, 2.24) is 15.2 Å². The van der Waals surface area contributed by atoms with E-state index in [1.807, 2.05) is 0 Å². The van der Waals surface area contributed by atoms with Crippen molar-refractivity contribution in [1.29, 1.82) is 0 Å². The number of hydrogen-bond donors (Lipinski definition) is 2. The molecule has 21 heavy (non-hydrogen) atoms. The van der Waals surface area contributed by atoms with Crippen molar-refractivity contribution < 1.29 is 19.2 Å². The smallest absolute Gasteiger partial charge is 0.242 e. The van der Waals surface area contributed by atoms with Gasteiger partial charge in [-0.15, -0.1) is 0 Å². The first kappa shape index (κ1) is 14.0. The van der Waals surface area contributed by atoms with Crippen molar-refractivity contribution in [3.05, 3.63) is 0 Å². The number of nitrogens with zero attached hydrogens (tertiary/aromatic N) is 2. The van der Waals surface area contributed by atoms with Crippen LogP contribution in [0.1, 0.15) is 19.3 Å². The van der Waals surface area contributed by atoms with Gasteiger partial charge in [0, 0.05) is 19.0 Å². The lowest BCUT2D eigenvalue weighted by Gasteiger charge is -2.32. The second kappa shape index (κ2) is 5.10. The molecule has 2 saturated heterocycles. The van der Waals surface area contributed by atoms with Gasteiger partial charge in [0.2, 0.25) is 23.6 Å². The van der Waals surface area contributed by atoms with Crippen molar-refractivity contribution in [2.24, 2.45) is 23.6 Å². The summed E-state index contributed by atoms with van der Waals surface area (Å²) in [6.45, 7) is 0.721. The normalized spacial score (nSPS) is 28.6. The summed E-state index contributed by atoms with van der Waals surface area (Å²) in [5.41, 5.74) is 2.12. The molecule has 4 amide bonds. The Bertz CT molecular complexity index is 492. The molecule has 114 valence electrons. The first-order valence-electron chi connectivity index (χ1n) is 7.16. The van der Waals surface area contributed by atoms with Crippen molar-refractivity contribution in [3.63, 3.8) is 0 Å². The van der Waals surface area contributed by atoms with Crippen LogP contribution in [0.15, 0.2) is 0 Å². The van der Waals surface area contributed by atoms with Crippen LogP contribution in [-0.4, -0.2) is 53.1 Å². The highest BCUT2D eigenvalue weighted by Crippen LogP contribution is 2.46. The van der Waals surface area contributed by atoms with Gasteiger partial charge in [-0.05, 0) is 19.3 Å². The van der Waals surface area contributed by atoms with Crippen LogP contribution in [-0.2, 0) is 19.2 Å². The highest BCUT2D eigenvalue weighted by molar-refractivity contribution is 6.10. The molecular weight excluding hydrogens is 276 g/mol. The predicted octanol–water partition coefficient (Wildman–Crippen LogP) is -1.78. The van der Waals surface area contributed by atoms with Gasteiger partial charge in [0.05, 0.1) is 11.8 Å². The quantitative estimate of drug-likeness (QED) is 0.276. The molecular formula is C13H18N4O4. The van der Waals surface area contributed by atoms with Crippen molar-refractivity contribution >= 4 is 23.6 Å². The molecule has 8 nitrogen and oxygen atoms in total. The lowest BCUT2D eigenvalue weighted by Crippen LogP contribution is -2.48. The number of rotatable bonds is 3. The Balaban J connectivity index is 1.52. The first-order chi connectivity index (χ1) is 10.0. The third-order valence-corrected chi connectivity index (χ3v) is 4.61. The van der Waals surface area contributed by atoms with Crippen LogP contribution in [0, 0.1) is 17.8 Å². The van der Waals surface area contributed by atoms with Gasteiger partial charge in [0.1, 0.15) is 6.54 Å². The van der Waals surface area contributed by atoms with E-state index in [4.69, 9.17) is 5.84 Å². The Morgan fingerprint density at radius 2 is 1.71 bits per heavy atom. The Morgan fingerprint density at radius 3 is 2.24 bits per heavy atom. The second-order valence-corrected chi connectivity index (χ2v) is 5.87. The summed E-state index contributed by atoms with van der Waals surface area (Å²) < 4.78 is 0. The van der Waals surface area contributed by atoms with Gasteiger partial charge in [-0.25, -0.2) is 5.84 Å². The largest absolute Gasteiger partial charge is 0.341 e. The molecule has 1 aliphatic carbocycles. The van der Waals surface area contributed by atoms with Gasteiger partial charge in [-0.3, -0.25) is 29.5 Å². The van der Waals surface area contributed by atoms with Crippen molar-refractivity contribution in [2.75, 3.05) is 19.6 Å². The maximum Gasteiger partial charge on any atom is 0.242 e. The number of nitrogens with one attached hydrogen (secondary N) is 1. The SMILES string of the molecule is NNC(=O)C1CCN(C(=O)CN2C(=O)C3CC3C2=O)CC1. The van der Waals surface area contributed by atoms with Crippen LogP contribution >= 0.6 is 0 Å². The zero-order valence-corrected chi connectivity index (χ0v) is 11.6. The Labute approximate surface area is 121 Å². The third-order valence-electron chi connectivity index (χ3n) is 4.61. The van der Waals surface area contributed by atoms with Crippen molar-refractivity contribution in [2.45, 2.75) is 19.3 Å². The van der Waals surface area contributed by atoms with Crippen LogP contribution in [0.3, 0.4) is 0 Å². The standard InChI is InChI=1S/C13H18N4O4/c14-15-11(19)7-1-3-16(4-2-7)10(18)6-17-12(20)8-5-9(8)13(17)21/h7-9H,1-6,14H2,(H,15,19). The van der Waals surface area contributed by atoms with Gasteiger partial charge in [0.15, 0.2) is 0 Å². The summed E-state index contributed by atoms with van der Waals surface area (Å²) in [4.78, 5) is 49.9. The van der Waals surface area contributed by atoms with E-state index in [0.717, 1.165) is 4.90 Å². The lowest BCUT2D eigenvalue weighted by molar-refractivity contribution is -0.148. The van der Waals surface area contributed by atoms with Gasteiger partial charge in [-0.1, -0.05) is 0 Å². The van der Waals surface area contributed by atoms with Gasteiger partial charge in [-0.2, -0.15) is 0 Å². The first-order valence-corrected chi connectivity index (χ1v) is 7.16. The highest BCUT2D eigenvalue weighted by atomic mass is 16.2. The van der Waals surface area contributed by atoms with Crippen LogP contribution in [0.5, 0.6) is 0 Å². The Kier molecular flexibility index (Phi) is 3.40. The van der Waals surface area contributed by atoms with E-state index in [1.54, 1.807) is 4.90 Å². The molecule has 0 aromatic heterocycles. The maximum absolute atomic E-state index is 12.2. The number of hydrazine groups is 1. The van der Waals surface area contributed by atoms with Crippen molar-refractivity contribution in [3.8, 4) is 0 Å².